The molecule has 200 valence electrons. The fourth-order valence-corrected chi connectivity index (χ4v) is 6.37. The van der Waals surface area contributed by atoms with E-state index in [1.807, 2.05) is 66.9 Å². The largest absolute Gasteiger partial charge is 0.453 e. The van der Waals surface area contributed by atoms with Gasteiger partial charge in [0.05, 0.1) is 28.5 Å². The van der Waals surface area contributed by atoms with Crippen molar-refractivity contribution in [3.8, 4) is 23.3 Å². The van der Waals surface area contributed by atoms with Crippen molar-refractivity contribution in [1.82, 2.24) is 9.55 Å². The van der Waals surface area contributed by atoms with Crippen molar-refractivity contribution >= 4 is 39.7 Å². The molecule has 0 saturated carbocycles. The molecular weight excluding hydrogens is 516 g/mol. The third-order valence-corrected chi connectivity index (χ3v) is 8.34. The number of hydrogen-bond donors (Lipinski definition) is 0. The number of ether oxygens (including phenoxy) is 1. The third-order valence-electron chi connectivity index (χ3n) is 8.34. The highest BCUT2D eigenvalue weighted by Crippen LogP contribution is 2.50. The number of aromatic nitrogens is 2. The van der Waals surface area contributed by atoms with Gasteiger partial charge < -0.3 is 9.30 Å². The van der Waals surface area contributed by atoms with E-state index in [1.54, 1.807) is 0 Å². The molecule has 1 unspecified atom stereocenters. The minimum Gasteiger partial charge on any atom is -0.453 e. The minimum absolute atomic E-state index is 0.302. The third kappa shape index (κ3) is 3.73. The lowest BCUT2D eigenvalue weighted by Gasteiger charge is -2.32. The first-order chi connectivity index (χ1) is 20.7. The summed E-state index contributed by atoms with van der Waals surface area (Å²) < 4.78 is 8.53. The van der Waals surface area contributed by atoms with E-state index in [4.69, 9.17) is 9.72 Å². The number of allylic oxidation sites excluding steroid dienone is 1. The fourth-order valence-electron chi connectivity index (χ4n) is 6.37. The summed E-state index contributed by atoms with van der Waals surface area (Å²) in [4.78, 5) is 7.16. The average molecular weight is 543 g/mol. The average Bonchev–Trinajstić information content (AvgIpc) is 3.36. The second kappa shape index (κ2) is 9.50. The van der Waals surface area contributed by atoms with E-state index in [2.05, 4.69) is 77.1 Å². The van der Waals surface area contributed by atoms with Crippen LogP contribution in [0.5, 0.6) is 11.5 Å². The number of rotatable bonds is 3. The molecule has 0 bridgehead atoms. The highest BCUT2D eigenvalue weighted by atomic mass is 16.5. The summed E-state index contributed by atoms with van der Waals surface area (Å²) in [6, 6.07) is 39.1. The van der Waals surface area contributed by atoms with Crippen LogP contribution in [0.4, 0.5) is 17.2 Å². The molecule has 5 heteroatoms. The minimum atomic E-state index is 0.302. The summed E-state index contributed by atoms with van der Waals surface area (Å²) >= 11 is 0. The van der Waals surface area contributed by atoms with Crippen LogP contribution in [0, 0.1) is 17.2 Å². The van der Waals surface area contributed by atoms with Gasteiger partial charge in [-0.15, -0.1) is 0 Å². The zero-order valence-electron chi connectivity index (χ0n) is 23.0. The number of anilines is 3. The predicted octanol–water partition coefficient (Wildman–Crippen LogP) is 9.21. The Morgan fingerprint density at radius 3 is 2.19 bits per heavy atom. The van der Waals surface area contributed by atoms with E-state index >= 15 is 0 Å². The van der Waals surface area contributed by atoms with Gasteiger partial charge in [-0.3, -0.25) is 4.90 Å². The Balaban J connectivity index is 1.22. The molecule has 1 aliphatic carbocycles. The Bertz CT molecular complexity index is 2020. The van der Waals surface area contributed by atoms with E-state index in [1.165, 1.54) is 27.7 Å². The van der Waals surface area contributed by atoms with Gasteiger partial charge in [0.15, 0.2) is 11.5 Å². The van der Waals surface area contributed by atoms with Crippen molar-refractivity contribution in [1.29, 1.82) is 5.26 Å². The predicted molar refractivity (Wildman–Crippen MR) is 168 cm³/mol. The highest BCUT2D eigenvalue weighted by Gasteiger charge is 2.28. The first-order valence-corrected chi connectivity index (χ1v) is 14.2. The number of nitrogens with zero attached hydrogens (tertiary/aromatic N) is 4. The lowest BCUT2D eigenvalue weighted by Crippen LogP contribution is -2.17. The van der Waals surface area contributed by atoms with Crippen LogP contribution in [0.3, 0.4) is 0 Å². The first-order valence-electron chi connectivity index (χ1n) is 14.2. The quantitative estimate of drug-likeness (QED) is 0.223. The van der Waals surface area contributed by atoms with Gasteiger partial charge in [0.25, 0.3) is 0 Å². The SMILES string of the molecule is CC1Cc2c(c3ccccc3n2-c2ccc(C#N)cc2)C=C1c1ccc(N2c3ccccc3Oc3ccccc32)nc1. The molecule has 2 aromatic heterocycles. The van der Waals surface area contributed by atoms with E-state index in [0.717, 1.165) is 46.4 Å². The smallest absolute Gasteiger partial charge is 0.151 e. The Kier molecular flexibility index (Phi) is 5.48. The summed E-state index contributed by atoms with van der Waals surface area (Å²) in [6.45, 7) is 2.29. The fraction of sp³-hybridized carbons (Fsp3) is 0.0811. The van der Waals surface area contributed by atoms with Crippen molar-refractivity contribution in [3.05, 3.63) is 138 Å². The van der Waals surface area contributed by atoms with Gasteiger partial charge in [-0.05, 0) is 96.3 Å². The molecule has 8 rings (SSSR count). The summed E-state index contributed by atoms with van der Waals surface area (Å²) in [7, 11) is 0. The summed E-state index contributed by atoms with van der Waals surface area (Å²) in [5.41, 5.74) is 9.83. The van der Waals surface area contributed by atoms with Gasteiger partial charge in [0, 0.05) is 28.5 Å². The van der Waals surface area contributed by atoms with Crippen LogP contribution in [0.25, 0.3) is 28.2 Å². The molecule has 2 aliphatic rings. The molecule has 0 amide bonds. The maximum Gasteiger partial charge on any atom is 0.151 e. The molecule has 0 N–H and O–H groups in total. The van der Waals surface area contributed by atoms with Gasteiger partial charge in [0.1, 0.15) is 5.82 Å². The standard InChI is InChI=1S/C37H26N4O/c1-24-20-34-30(28-8-2-3-9-31(28)40(34)27-17-14-25(22-38)15-18-27)21-29(24)26-16-19-37(39-23-26)41-32-10-4-6-12-35(32)42-36-13-7-5-11-33(36)41/h2-19,21,23-24H,20H2,1H3. The van der Waals surface area contributed by atoms with Crippen molar-refractivity contribution < 1.29 is 4.74 Å². The number of fused-ring (bicyclic) bond motifs is 5. The molecular formula is C37H26N4O. The maximum absolute atomic E-state index is 9.30. The van der Waals surface area contributed by atoms with E-state index in [9.17, 15) is 5.26 Å². The van der Waals surface area contributed by atoms with Gasteiger partial charge >= 0.3 is 0 Å². The van der Waals surface area contributed by atoms with E-state index < -0.39 is 0 Å². The van der Waals surface area contributed by atoms with E-state index in [-0.39, 0.29) is 0 Å². The number of para-hydroxylation sites is 5. The molecule has 1 aliphatic heterocycles. The van der Waals surface area contributed by atoms with Gasteiger partial charge in [-0.2, -0.15) is 5.26 Å². The monoisotopic (exact) mass is 542 g/mol. The zero-order valence-corrected chi connectivity index (χ0v) is 23.0. The number of pyridine rings is 1. The summed E-state index contributed by atoms with van der Waals surface area (Å²) in [5.74, 6) is 2.79. The highest BCUT2D eigenvalue weighted by molar-refractivity contribution is 5.99. The second-order valence-corrected chi connectivity index (χ2v) is 10.9. The van der Waals surface area contributed by atoms with Crippen LogP contribution < -0.4 is 9.64 Å². The molecule has 0 saturated heterocycles. The van der Waals surface area contributed by atoms with Crippen molar-refractivity contribution in [2.75, 3.05) is 4.90 Å². The van der Waals surface area contributed by atoms with Crippen LogP contribution in [-0.2, 0) is 6.42 Å². The van der Waals surface area contributed by atoms with Crippen molar-refractivity contribution in [2.24, 2.45) is 5.92 Å². The molecule has 5 nitrogen and oxygen atoms in total. The summed E-state index contributed by atoms with van der Waals surface area (Å²) in [5, 5.41) is 10.5. The van der Waals surface area contributed by atoms with Crippen LogP contribution in [-0.4, -0.2) is 9.55 Å². The number of nitriles is 1. The Hall–Kier alpha value is -5.60. The van der Waals surface area contributed by atoms with E-state index in [0.29, 0.717) is 11.5 Å². The van der Waals surface area contributed by atoms with Crippen LogP contribution in [0.1, 0.15) is 29.3 Å². The molecule has 0 radical (unpaired) electrons. The molecule has 4 aromatic carbocycles. The molecule has 1 atom stereocenters. The lowest BCUT2D eigenvalue weighted by molar-refractivity contribution is 0.476. The Morgan fingerprint density at radius 1 is 0.810 bits per heavy atom. The van der Waals surface area contributed by atoms with Crippen LogP contribution >= 0.6 is 0 Å². The maximum atomic E-state index is 9.30. The topological polar surface area (TPSA) is 54.1 Å². The summed E-state index contributed by atoms with van der Waals surface area (Å²) in [6.07, 6.45) is 5.26. The van der Waals surface area contributed by atoms with Crippen LogP contribution in [0.2, 0.25) is 0 Å². The first kappa shape index (κ1) is 24.2. The molecule has 42 heavy (non-hydrogen) atoms. The normalized spacial score (nSPS) is 15.2. The number of benzene rings is 4. The molecule has 0 fully saturated rings. The lowest BCUT2D eigenvalue weighted by atomic mass is 9.84. The second-order valence-electron chi connectivity index (χ2n) is 10.9. The van der Waals surface area contributed by atoms with Gasteiger partial charge in [-0.25, -0.2) is 4.98 Å². The zero-order chi connectivity index (χ0) is 28.2. The van der Waals surface area contributed by atoms with Gasteiger partial charge in [0.2, 0.25) is 0 Å². The Labute approximate surface area is 244 Å². The van der Waals surface area contributed by atoms with Crippen molar-refractivity contribution in [3.63, 3.8) is 0 Å². The molecule has 6 aromatic rings. The molecule has 3 heterocycles. The van der Waals surface area contributed by atoms with Crippen LogP contribution in [0.15, 0.2) is 115 Å². The van der Waals surface area contributed by atoms with Gasteiger partial charge in [-0.1, -0.05) is 49.4 Å². The Morgan fingerprint density at radius 2 is 1.50 bits per heavy atom. The van der Waals surface area contributed by atoms with Crippen molar-refractivity contribution in [2.45, 2.75) is 13.3 Å². The molecule has 0 spiro atoms. The number of hydrogen-bond acceptors (Lipinski definition) is 4.